The van der Waals surface area contributed by atoms with Gasteiger partial charge < -0.3 is 31.2 Å². The van der Waals surface area contributed by atoms with Gasteiger partial charge in [0.05, 0.1) is 35.4 Å². The van der Waals surface area contributed by atoms with Crippen LogP contribution in [0.1, 0.15) is 46.0 Å². The number of pyridine rings is 1. The fourth-order valence-electron chi connectivity index (χ4n) is 5.27. The van der Waals surface area contributed by atoms with Crippen LogP contribution >= 0.6 is 11.3 Å². The molecule has 0 aromatic carbocycles. The first-order valence-electron chi connectivity index (χ1n) is 12.8. The smallest absolute Gasteiger partial charge is 0.263 e. The second kappa shape index (κ2) is 9.46. The molecule has 0 bridgehead atoms. The van der Waals surface area contributed by atoms with Gasteiger partial charge in [-0.1, -0.05) is 6.07 Å². The zero-order valence-corrected chi connectivity index (χ0v) is 22.0. The first-order chi connectivity index (χ1) is 17.8. The molecule has 6 rings (SSSR count). The van der Waals surface area contributed by atoms with E-state index in [1.165, 1.54) is 11.3 Å². The van der Waals surface area contributed by atoms with Crippen LogP contribution in [0.3, 0.4) is 0 Å². The summed E-state index contributed by atoms with van der Waals surface area (Å²) in [6.45, 7) is 3.87. The van der Waals surface area contributed by atoms with Crippen LogP contribution in [-0.4, -0.2) is 71.5 Å². The average molecular weight is 524 g/mol. The van der Waals surface area contributed by atoms with Crippen molar-refractivity contribution in [1.29, 1.82) is 0 Å². The van der Waals surface area contributed by atoms with E-state index < -0.39 is 0 Å². The van der Waals surface area contributed by atoms with Crippen molar-refractivity contribution in [2.24, 2.45) is 5.73 Å². The van der Waals surface area contributed by atoms with E-state index >= 15 is 0 Å². The van der Waals surface area contributed by atoms with Crippen LogP contribution in [0.4, 0.5) is 11.5 Å². The van der Waals surface area contributed by atoms with Gasteiger partial charge in [0.15, 0.2) is 0 Å². The van der Waals surface area contributed by atoms with Gasteiger partial charge in [-0.3, -0.25) is 4.79 Å². The van der Waals surface area contributed by atoms with E-state index in [9.17, 15) is 4.79 Å². The lowest BCUT2D eigenvalue weighted by molar-refractivity contribution is -0.0383. The van der Waals surface area contributed by atoms with Crippen LogP contribution in [0.15, 0.2) is 18.3 Å². The number of nitrogens with zero attached hydrogens (tertiary/aromatic N) is 4. The number of nitrogens with two attached hydrogens (primary N) is 2. The third-order valence-corrected chi connectivity index (χ3v) is 8.95. The lowest BCUT2D eigenvalue weighted by Gasteiger charge is -2.26. The van der Waals surface area contributed by atoms with Crippen molar-refractivity contribution < 1.29 is 14.3 Å². The third kappa shape index (κ3) is 4.76. The summed E-state index contributed by atoms with van der Waals surface area (Å²) in [5, 5.41) is 3.90. The molecule has 2 aliphatic carbocycles. The minimum absolute atomic E-state index is 0.0265. The largest absolute Gasteiger partial charge is 0.397 e. The van der Waals surface area contributed by atoms with Crippen molar-refractivity contribution >= 4 is 39.0 Å². The van der Waals surface area contributed by atoms with Gasteiger partial charge in [0.25, 0.3) is 5.91 Å². The Morgan fingerprint density at radius 3 is 2.92 bits per heavy atom. The minimum Gasteiger partial charge on any atom is -0.397 e. The molecule has 37 heavy (non-hydrogen) atoms. The summed E-state index contributed by atoms with van der Waals surface area (Å²) in [7, 11) is 1.75. The normalized spacial score (nSPS) is 24.3. The number of aryl methyl sites for hydroxylation is 2. The Kier molecular flexibility index (Phi) is 6.26. The molecule has 3 unspecified atom stereocenters. The van der Waals surface area contributed by atoms with Crippen LogP contribution < -0.4 is 21.7 Å². The van der Waals surface area contributed by atoms with Gasteiger partial charge in [-0.25, -0.2) is 15.0 Å². The number of nitrogens with one attached hydrogen (secondary N) is 1. The molecule has 3 aliphatic rings. The van der Waals surface area contributed by atoms with Gasteiger partial charge in [0.2, 0.25) is 0 Å². The van der Waals surface area contributed by atoms with Crippen molar-refractivity contribution in [2.45, 2.75) is 62.8 Å². The summed E-state index contributed by atoms with van der Waals surface area (Å²) < 4.78 is 11.7. The second-order valence-corrected chi connectivity index (χ2v) is 11.5. The quantitative estimate of drug-likeness (QED) is 0.424. The number of nitrogen functional groups attached to an aromatic ring is 1. The molecule has 3 atom stereocenters. The highest BCUT2D eigenvalue weighted by Gasteiger charge is 2.45. The maximum atomic E-state index is 13.0. The zero-order chi connectivity index (χ0) is 25.7. The summed E-state index contributed by atoms with van der Waals surface area (Å²) in [5.74, 6) is 1.44. The highest BCUT2D eigenvalue weighted by atomic mass is 32.1. The van der Waals surface area contributed by atoms with Crippen LogP contribution in [-0.2, 0) is 22.3 Å². The maximum absolute atomic E-state index is 13.0. The van der Waals surface area contributed by atoms with Gasteiger partial charge in [0.1, 0.15) is 21.3 Å². The molecular formula is C26H33N7O3S. The summed E-state index contributed by atoms with van der Waals surface area (Å²) in [6.07, 6.45) is 6.12. The fourth-order valence-corrected chi connectivity index (χ4v) is 6.29. The van der Waals surface area contributed by atoms with E-state index in [4.69, 9.17) is 25.9 Å². The number of thiophene rings is 1. The first-order valence-corrected chi connectivity index (χ1v) is 13.6. The summed E-state index contributed by atoms with van der Waals surface area (Å²) >= 11 is 1.31. The topological polar surface area (TPSA) is 142 Å². The predicted octanol–water partition coefficient (Wildman–Crippen LogP) is 1.98. The number of anilines is 2. The Morgan fingerprint density at radius 1 is 1.30 bits per heavy atom. The number of hydrogen-bond acceptors (Lipinski definition) is 10. The van der Waals surface area contributed by atoms with E-state index in [1.54, 1.807) is 13.3 Å². The molecular weight excluding hydrogens is 490 g/mol. The molecule has 5 N–H and O–H groups in total. The standard InChI is InChI=1S/C26H33N7O3S/c1-14-29-10-17-22(28)23(37-25(17)30-14)24(34)31-16-4-5-19-15(9-16)3-6-21(32-19)33-11-18(27)20(12-33)36-13-26(35-2)7-8-26/h3,6,10,16,18,20H,4-5,7-9,11-13,27-28H2,1-2H3,(H,31,34). The fraction of sp³-hybridized carbons (Fsp3) is 0.538. The number of hydrogen-bond donors (Lipinski definition) is 3. The first kappa shape index (κ1) is 24.5. The molecule has 0 spiro atoms. The average Bonchev–Trinajstić information content (AvgIpc) is 3.48. The monoisotopic (exact) mass is 523 g/mol. The third-order valence-electron chi connectivity index (χ3n) is 7.83. The Bertz CT molecular complexity index is 1340. The molecule has 10 nitrogen and oxygen atoms in total. The van der Waals surface area contributed by atoms with Gasteiger partial charge in [-0.05, 0) is 50.7 Å². The highest BCUT2D eigenvalue weighted by molar-refractivity contribution is 7.21. The van der Waals surface area contributed by atoms with Crippen molar-refractivity contribution in [1.82, 2.24) is 20.3 Å². The van der Waals surface area contributed by atoms with Gasteiger partial charge in [0, 0.05) is 38.1 Å². The summed E-state index contributed by atoms with van der Waals surface area (Å²) in [6, 6.07) is 4.16. The summed E-state index contributed by atoms with van der Waals surface area (Å²) in [5.41, 5.74) is 15.2. The molecule has 11 heteroatoms. The Morgan fingerprint density at radius 2 is 2.14 bits per heavy atom. The number of methoxy groups -OCH3 is 1. The van der Waals surface area contributed by atoms with Gasteiger partial charge in [-0.2, -0.15) is 0 Å². The number of rotatable bonds is 7. The predicted molar refractivity (Wildman–Crippen MR) is 143 cm³/mol. The van der Waals surface area contributed by atoms with E-state index in [2.05, 4.69) is 32.3 Å². The van der Waals surface area contributed by atoms with Gasteiger partial charge in [-0.15, -0.1) is 11.3 Å². The zero-order valence-electron chi connectivity index (χ0n) is 21.2. The van der Waals surface area contributed by atoms with Crippen LogP contribution in [0.2, 0.25) is 0 Å². The molecule has 0 radical (unpaired) electrons. The minimum atomic E-state index is -0.158. The molecule has 2 fully saturated rings. The number of ether oxygens (including phenoxy) is 2. The number of aromatic nitrogens is 3. The van der Waals surface area contributed by atoms with Crippen molar-refractivity contribution in [3.63, 3.8) is 0 Å². The molecule has 1 saturated heterocycles. The van der Waals surface area contributed by atoms with E-state index in [-0.39, 0.29) is 29.7 Å². The van der Waals surface area contributed by atoms with E-state index in [0.717, 1.165) is 72.5 Å². The molecule has 1 aliphatic heterocycles. The highest BCUT2D eigenvalue weighted by Crippen LogP contribution is 2.39. The SMILES string of the molecule is COC1(COC2CN(c3ccc4c(n3)CCC(NC(=O)c3sc5nc(C)ncc5c3N)C4)CC2N)CC1. The van der Waals surface area contributed by atoms with Crippen molar-refractivity contribution in [3.05, 3.63) is 40.3 Å². The van der Waals surface area contributed by atoms with Crippen LogP contribution in [0.5, 0.6) is 0 Å². The Balaban J connectivity index is 1.08. The second-order valence-electron chi connectivity index (χ2n) is 10.5. The molecule has 4 heterocycles. The van der Waals surface area contributed by atoms with E-state index in [1.807, 2.05) is 6.92 Å². The van der Waals surface area contributed by atoms with Crippen molar-refractivity contribution in [3.8, 4) is 0 Å². The molecule has 1 amide bonds. The Labute approximate surface area is 219 Å². The van der Waals surface area contributed by atoms with Crippen LogP contribution in [0, 0.1) is 6.92 Å². The number of carbonyl (C=O) groups is 1. The molecule has 1 saturated carbocycles. The van der Waals surface area contributed by atoms with E-state index in [0.29, 0.717) is 23.0 Å². The molecule has 3 aromatic rings. The number of carbonyl (C=O) groups excluding carboxylic acids is 1. The maximum Gasteiger partial charge on any atom is 0.263 e. The molecule has 3 aromatic heterocycles. The Hall–Kier alpha value is -2.86. The van der Waals surface area contributed by atoms with Crippen LogP contribution in [0.25, 0.3) is 10.2 Å². The summed E-state index contributed by atoms with van der Waals surface area (Å²) in [4.78, 5) is 30.1. The lowest BCUT2D eigenvalue weighted by Crippen LogP contribution is -2.39. The number of amides is 1. The van der Waals surface area contributed by atoms with Crippen molar-refractivity contribution in [2.75, 3.05) is 37.4 Å². The lowest BCUT2D eigenvalue weighted by atomic mass is 9.91. The number of fused-ring (bicyclic) bond motifs is 2. The van der Waals surface area contributed by atoms with Gasteiger partial charge >= 0.3 is 0 Å². The molecule has 196 valence electrons.